The van der Waals surface area contributed by atoms with Crippen molar-refractivity contribution in [1.29, 1.82) is 0 Å². The van der Waals surface area contributed by atoms with Gasteiger partial charge in [-0.15, -0.1) is 0 Å². The SMILES string of the molecule is CCCCCCCc1ccc(C[P+](c2ccccc2)(c2ccccc2)c2ccccc2)cc1. The molecule has 33 heavy (non-hydrogen) atoms. The Labute approximate surface area is 201 Å². The molecule has 0 aromatic heterocycles. The van der Waals surface area contributed by atoms with Gasteiger partial charge in [0.25, 0.3) is 0 Å². The topological polar surface area (TPSA) is 0 Å². The third kappa shape index (κ3) is 5.82. The molecule has 0 spiro atoms. The molecule has 0 N–H and O–H groups in total. The van der Waals surface area contributed by atoms with Crippen LogP contribution in [0.3, 0.4) is 0 Å². The number of benzene rings is 4. The Morgan fingerprint density at radius 1 is 0.455 bits per heavy atom. The molecule has 0 aliphatic carbocycles. The summed E-state index contributed by atoms with van der Waals surface area (Å²) < 4.78 is 0. The Balaban J connectivity index is 1.68. The normalized spacial score (nSPS) is 11.4. The second kappa shape index (κ2) is 12.0. The van der Waals surface area contributed by atoms with E-state index in [0.29, 0.717) is 0 Å². The molecule has 0 saturated heterocycles. The summed E-state index contributed by atoms with van der Waals surface area (Å²) in [6.45, 7) is 2.28. The molecule has 0 atom stereocenters. The van der Waals surface area contributed by atoms with E-state index in [0.717, 1.165) is 6.16 Å². The van der Waals surface area contributed by atoms with Gasteiger partial charge in [-0.2, -0.15) is 0 Å². The maximum absolute atomic E-state index is 2.38. The fourth-order valence-corrected chi connectivity index (χ4v) is 9.03. The molecule has 0 bridgehead atoms. The van der Waals surface area contributed by atoms with Gasteiger partial charge in [0.15, 0.2) is 0 Å². The summed E-state index contributed by atoms with van der Waals surface area (Å²) in [5, 5.41) is 4.34. The van der Waals surface area contributed by atoms with Crippen LogP contribution in [-0.4, -0.2) is 0 Å². The maximum Gasteiger partial charge on any atom is 0.116 e. The Morgan fingerprint density at radius 3 is 1.33 bits per heavy atom. The zero-order chi connectivity index (χ0) is 22.8. The molecule has 0 saturated carbocycles. The van der Waals surface area contributed by atoms with Gasteiger partial charge < -0.3 is 0 Å². The zero-order valence-corrected chi connectivity index (χ0v) is 20.8. The number of hydrogen-bond acceptors (Lipinski definition) is 0. The van der Waals surface area contributed by atoms with Crippen LogP contribution in [0.1, 0.15) is 50.2 Å². The largest absolute Gasteiger partial charge is 0.116 e. The Bertz CT molecular complexity index is 973. The highest BCUT2D eigenvalue weighted by atomic mass is 31.2. The number of rotatable bonds is 11. The first-order valence-electron chi connectivity index (χ1n) is 12.5. The third-order valence-electron chi connectivity index (χ3n) is 6.60. The lowest BCUT2D eigenvalue weighted by Crippen LogP contribution is -2.32. The van der Waals surface area contributed by atoms with Crippen LogP contribution in [-0.2, 0) is 12.6 Å². The van der Waals surface area contributed by atoms with Gasteiger partial charge in [0.2, 0.25) is 0 Å². The fourth-order valence-electron chi connectivity index (χ4n) is 4.79. The Hall–Kier alpha value is -2.69. The number of unbranched alkanes of at least 4 members (excludes halogenated alkanes) is 4. The van der Waals surface area contributed by atoms with Gasteiger partial charge in [0.1, 0.15) is 23.2 Å². The molecule has 4 rings (SSSR count). The average molecular weight is 452 g/mol. The lowest BCUT2D eigenvalue weighted by atomic mass is 10.0. The van der Waals surface area contributed by atoms with Crippen LogP contribution in [0.2, 0.25) is 0 Å². The predicted octanol–water partition coefficient (Wildman–Crippen LogP) is 7.69. The quantitative estimate of drug-likeness (QED) is 0.162. The molecule has 0 unspecified atom stereocenters. The summed E-state index contributed by atoms with van der Waals surface area (Å²) in [4.78, 5) is 0. The van der Waals surface area contributed by atoms with Crippen molar-refractivity contribution in [3.63, 3.8) is 0 Å². The van der Waals surface area contributed by atoms with E-state index in [1.807, 2.05) is 0 Å². The van der Waals surface area contributed by atoms with E-state index in [9.17, 15) is 0 Å². The monoisotopic (exact) mass is 451 g/mol. The maximum atomic E-state index is 2.38. The molecule has 0 aliphatic rings. The van der Waals surface area contributed by atoms with E-state index in [4.69, 9.17) is 0 Å². The van der Waals surface area contributed by atoms with E-state index in [1.54, 1.807) is 0 Å². The highest BCUT2D eigenvalue weighted by Gasteiger charge is 2.45. The summed E-state index contributed by atoms with van der Waals surface area (Å²) >= 11 is 0. The van der Waals surface area contributed by atoms with Crippen molar-refractivity contribution in [2.45, 2.75) is 51.6 Å². The molecule has 0 amide bonds. The van der Waals surface area contributed by atoms with E-state index >= 15 is 0 Å². The van der Waals surface area contributed by atoms with Crippen molar-refractivity contribution in [2.24, 2.45) is 0 Å². The van der Waals surface area contributed by atoms with Gasteiger partial charge in [-0.3, -0.25) is 0 Å². The Kier molecular flexibility index (Phi) is 8.51. The third-order valence-corrected chi connectivity index (χ3v) is 11.0. The van der Waals surface area contributed by atoms with Crippen molar-refractivity contribution >= 4 is 23.2 Å². The molecule has 1 heteroatoms. The van der Waals surface area contributed by atoms with Crippen molar-refractivity contribution in [1.82, 2.24) is 0 Å². The summed E-state index contributed by atoms with van der Waals surface area (Å²) in [6, 6.07) is 43.0. The molecule has 168 valence electrons. The first-order chi connectivity index (χ1) is 16.3. The fraction of sp³-hybridized carbons (Fsp3) is 0.250. The second-order valence-corrected chi connectivity index (χ2v) is 12.4. The van der Waals surface area contributed by atoms with Crippen LogP contribution in [0, 0.1) is 0 Å². The first-order valence-corrected chi connectivity index (χ1v) is 14.4. The van der Waals surface area contributed by atoms with E-state index in [-0.39, 0.29) is 0 Å². The first kappa shape index (κ1) is 23.5. The predicted molar refractivity (Wildman–Crippen MR) is 148 cm³/mol. The smallest absolute Gasteiger partial charge is 0.0654 e. The van der Waals surface area contributed by atoms with E-state index in [1.165, 1.54) is 65.6 Å². The Morgan fingerprint density at radius 2 is 0.879 bits per heavy atom. The van der Waals surface area contributed by atoms with E-state index < -0.39 is 7.26 Å². The van der Waals surface area contributed by atoms with Gasteiger partial charge >= 0.3 is 0 Å². The van der Waals surface area contributed by atoms with Gasteiger partial charge in [0.05, 0.1) is 6.16 Å². The lowest BCUT2D eigenvalue weighted by molar-refractivity contribution is 0.632. The number of hydrogen-bond donors (Lipinski definition) is 0. The molecule has 0 aliphatic heterocycles. The van der Waals surface area contributed by atoms with Crippen molar-refractivity contribution in [2.75, 3.05) is 0 Å². The van der Waals surface area contributed by atoms with Crippen LogP contribution in [0.25, 0.3) is 0 Å². The van der Waals surface area contributed by atoms with Crippen LogP contribution < -0.4 is 15.9 Å². The van der Waals surface area contributed by atoms with Crippen molar-refractivity contribution < 1.29 is 0 Å². The zero-order valence-electron chi connectivity index (χ0n) is 19.9. The minimum Gasteiger partial charge on any atom is -0.0654 e. The summed E-state index contributed by atoms with van der Waals surface area (Å²) in [7, 11) is -1.82. The molecule has 4 aromatic carbocycles. The van der Waals surface area contributed by atoms with E-state index in [2.05, 4.69) is 122 Å². The molecule has 4 aromatic rings. The van der Waals surface area contributed by atoms with Crippen LogP contribution in [0.4, 0.5) is 0 Å². The summed E-state index contributed by atoms with van der Waals surface area (Å²) in [5.74, 6) is 0. The van der Waals surface area contributed by atoms with Gasteiger partial charge in [-0.1, -0.05) is 111 Å². The molecule has 0 radical (unpaired) electrons. The highest BCUT2D eigenvalue weighted by molar-refractivity contribution is 7.95. The molecular weight excluding hydrogens is 415 g/mol. The van der Waals surface area contributed by atoms with Gasteiger partial charge in [-0.25, -0.2) is 0 Å². The van der Waals surface area contributed by atoms with Crippen LogP contribution in [0.5, 0.6) is 0 Å². The van der Waals surface area contributed by atoms with Crippen LogP contribution in [0.15, 0.2) is 115 Å². The molecular formula is C32H36P+. The lowest BCUT2D eigenvalue weighted by Gasteiger charge is -2.28. The summed E-state index contributed by atoms with van der Waals surface area (Å²) in [6.07, 6.45) is 8.93. The second-order valence-electron chi connectivity index (χ2n) is 8.96. The molecule has 0 fully saturated rings. The van der Waals surface area contributed by atoms with Crippen molar-refractivity contribution in [3.05, 3.63) is 126 Å². The number of aryl methyl sites for hydroxylation is 1. The molecule has 0 nitrogen and oxygen atoms in total. The minimum atomic E-state index is -1.82. The summed E-state index contributed by atoms with van der Waals surface area (Å²) in [5.41, 5.74) is 2.90. The minimum absolute atomic E-state index is 1.04. The van der Waals surface area contributed by atoms with Crippen molar-refractivity contribution in [3.8, 4) is 0 Å². The van der Waals surface area contributed by atoms with Crippen LogP contribution >= 0.6 is 7.26 Å². The van der Waals surface area contributed by atoms with Gasteiger partial charge in [0, 0.05) is 0 Å². The molecule has 0 heterocycles. The standard InChI is InChI=1S/C32H36P/c1-2-3-4-5-9-16-28-23-25-29(26-24-28)27-33(30-17-10-6-11-18-30,31-19-12-7-13-20-31)32-21-14-8-15-22-32/h6-8,10-15,17-26H,2-5,9,16,27H2,1H3/q+1. The highest BCUT2D eigenvalue weighted by Crippen LogP contribution is 2.58. The average Bonchev–Trinajstić information content (AvgIpc) is 2.89. The van der Waals surface area contributed by atoms with Gasteiger partial charge in [-0.05, 0) is 60.4 Å².